The molecule has 2 rings (SSSR count). The normalized spacial score (nSPS) is 10.4. The predicted molar refractivity (Wildman–Crippen MR) is 37.4 cm³/mol. The van der Waals surface area contributed by atoms with Crippen molar-refractivity contribution in [1.82, 2.24) is 15.4 Å². The van der Waals surface area contributed by atoms with E-state index in [1.165, 1.54) is 6.20 Å². The Balaban J connectivity index is 2.57. The summed E-state index contributed by atoms with van der Waals surface area (Å²) < 4.78 is 9.45. The summed E-state index contributed by atoms with van der Waals surface area (Å²) in [6.45, 7) is 1.71. The molecule has 0 radical (unpaired) electrons. The largest absolute Gasteiger partial charge is 0.434 e. The Morgan fingerprint density at radius 1 is 1.58 bits per heavy atom. The summed E-state index contributed by atoms with van der Waals surface area (Å²) in [5, 5.41) is 9.27. The lowest BCUT2D eigenvalue weighted by atomic mass is 10.3. The molecule has 0 saturated heterocycles. The first-order valence-electron chi connectivity index (χ1n) is 3.24. The first-order chi connectivity index (χ1) is 5.77. The Hall–Kier alpha value is -1.85. The molecule has 0 bridgehead atoms. The van der Waals surface area contributed by atoms with Crippen LogP contribution in [0.2, 0.25) is 0 Å². The van der Waals surface area contributed by atoms with Crippen LogP contribution in [0.5, 0.6) is 0 Å². The molecule has 0 unspecified atom stereocenters. The molecule has 2 aromatic rings. The third-order valence-electron chi connectivity index (χ3n) is 1.42. The summed E-state index contributed by atoms with van der Waals surface area (Å²) in [6.07, 6.45) is 1.44. The fourth-order valence-electron chi connectivity index (χ4n) is 0.849. The molecule has 2 heterocycles. The van der Waals surface area contributed by atoms with E-state index in [4.69, 9.17) is 4.52 Å². The highest BCUT2D eigenvalue weighted by molar-refractivity contribution is 5.52. The standard InChI is InChI=1S/C6H5N3O3/c1-3-4(2-7-12-3)5-8-9-6(10)11-5/h2H,1H3,(H,9,10). The van der Waals surface area contributed by atoms with Gasteiger partial charge in [0.2, 0.25) is 0 Å². The molecule has 0 atom stereocenters. The van der Waals surface area contributed by atoms with Crippen LogP contribution < -0.4 is 5.76 Å². The van der Waals surface area contributed by atoms with Crippen molar-refractivity contribution in [1.29, 1.82) is 0 Å². The summed E-state index contributed by atoms with van der Waals surface area (Å²) >= 11 is 0. The Labute approximate surface area is 66.2 Å². The van der Waals surface area contributed by atoms with Crippen LogP contribution in [-0.4, -0.2) is 15.4 Å². The Bertz CT molecular complexity index is 439. The van der Waals surface area contributed by atoms with E-state index in [9.17, 15) is 4.79 Å². The minimum Gasteiger partial charge on any atom is -0.388 e. The average Bonchev–Trinajstić information content (AvgIpc) is 2.58. The molecule has 0 amide bonds. The molecule has 12 heavy (non-hydrogen) atoms. The van der Waals surface area contributed by atoms with Crippen LogP contribution in [0.3, 0.4) is 0 Å². The second-order valence-corrected chi connectivity index (χ2v) is 2.21. The van der Waals surface area contributed by atoms with Crippen LogP contribution in [0.25, 0.3) is 11.5 Å². The lowest BCUT2D eigenvalue weighted by molar-refractivity contribution is 0.397. The molecule has 0 aliphatic carbocycles. The Morgan fingerprint density at radius 2 is 2.42 bits per heavy atom. The van der Waals surface area contributed by atoms with Gasteiger partial charge >= 0.3 is 5.76 Å². The molecule has 62 valence electrons. The van der Waals surface area contributed by atoms with Gasteiger partial charge in [0.1, 0.15) is 11.3 Å². The second kappa shape index (κ2) is 2.33. The van der Waals surface area contributed by atoms with Crippen LogP contribution in [0.1, 0.15) is 5.76 Å². The number of H-pyrrole nitrogens is 1. The van der Waals surface area contributed by atoms with Gasteiger partial charge in [0.25, 0.3) is 5.89 Å². The van der Waals surface area contributed by atoms with Crippen LogP contribution in [0, 0.1) is 6.92 Å². The summed E-state index contributed by atoms with van der Waals surface area (Å²) in [4.78, 5) is 10.6. The Morgan fingerprint density at radius 3 is 2.92 bits per heavy atom. The number of aryl methyl sites for hydroxylation is 1. The number of nitrogens with zero attached hydrogens (tertiary/aromatic N) is 2. The van der Waals surface area contributed by atoms with Gasteiger partial charge in [-0.05, 0) is 6.92 Å². The van der Waals surface area contributed by atoms with Gasteiger partial charge in [-0.25, -0.2) is 9.89 Å². The van der Waals surface area contributed by atoms with Crippen molar-refractivity contribution in [2.75, 3.05) is 0 Å². The predicted octanol–water partition coefficient (Wildman–Crippen LogP) is 0.326. The molecule has 0 spiro atoms. The molecular weight excluding hydrogens is 162 g/mol. The highest BCUT2D eigenvalue weighted by atomic mass is 16.5. The highest BCUT2D eigenvalue weighted by Gasteiger charge is 2.11. The zero-order valence-electron chi connectivity index (χ0n) is 6.20. The summed E-state index contributed by atoms with van der Waals surface area (Å²) in [7, 11) is 0. The van der Waals surface area contributed by atoms with Crippen molar-refractivity contribution < 1.29 is 8.94 Å². The molecular formula is C6H5N3O3. The molecule has 0 aliphatic rings. The molecule has 0 saturated carbocycles. The highest BCUT2D eigenvalue weighted by Crippen LogP contribution is 2.18. The van der Waals surface area contributed by atoms with Gasteiger partial charge in [-0.2, -0.15) is 0 Å². The lowest BCUT2D eigenvalue weighted by Gasteiger charge is -1.84. The van der Waals surface area contributed by atoms with Gasteiger partial charge in [-0.15, -0.1) is 5.10 Å². The smallest absolute Gasteiger partial charge is 0.388 e. The van der Waals surface area contributed by atoms with Crippen molar-refractivity contribution >= 4 is 0 Å². The van der Waals surface area contributed by atoms with Crippen LogP contribution in [0.4, 0.5) is 0 Å². The SMILES string of the molecule is Cc1oncc1-c1n[nH]c(=O)o1. The maximum atomic E-state index is 10.6. The zero-order valence-corrected chi connectivity index (χ0v) is 6.20. The summed E-state index contributed by atoms with van der Waals surface area (Å²) in [6, 6.07) is 0. The minimum atomic E-state index is -0.592. The van der Waals surface area contributed by atoms with E-state index in [0.717, 1.165) is 0 Å². The lowest BCUT2D eigenvalue weighted by Crippen LogP contribution is -1.93. The van der Waals surface area contributed by atoms with Gasteiger partial charge in [0.15, 0.2) is 0 Å². The number of nitrogens with one attached hydrogen (secondary N) is 1. The number of aromatic amines is 1. The van der Waals surface area contributed by atoms with Gasteiger partial charge in [0, 0.05) is 0 Å². The van der Waals surface area contributed by atoms with Crippen molar-refractivity contribution in [2.45, 2.75) is 6.92 Å². The van der Waals surface area contributed by atoms with Crippen LogP contribution >= 0.6 is 0 Å². The van der Waals surface area contributed by atoms with E-state index in [-0.39, 0.29) is 5.89 Å². The zero-order chi connectivity index (χ0) is 8.55. The van der Waals surface area contributed by atoms with Gasteiger partial charge in [-0.3, -0.25) is 0 Å². The molecule has 0 aromatic carbocycles. The minimum absolute atomic E-state index is 0.193. The monoisotopic (exact) mass is 167 g/mol. The van der Waals surface area contributed by atoms with E-state index in [0.29, 0.717) is 11.3 Å². The average molecular weight is 167 g/mol. The third kappa shape index (κ3) is 0.931. The number of rotatable bonds is 1. The molecule has 2 aromatic heterocycles. The number of hydrogen-bond donors (Lipinski definition) is 1. The first kappa shape index (κ1) is 6.84. The van der Waals surface area contributed by atoms with Gasteiger partial charge in [0.05, 0.1) is 6.20 Å². The molecule has 0 fully saturated rings. The van der Waals surface area contributed by atoms with Gasteiger partial charge < -0.3 is 8.94 Å². The number of hydrogen-bond acceptors (Lipinski definition) is 5. The maximum Gasteiger partial charge on any atom is 0.434 e. The van der Waals surface area contributed by atoms with Gasteiger partial charge in [-0.1, -0.05) is 5.16 Å². The van der Waals surface area contributed by atoms with Crippen molar-refractivity contribution in [3.63, 3.8) is 0 Å². The quantitative estimate of drug-likeness (QED) is 0.661. The molecule has 0 aliphatic heterocycles. The van der Waals surface area contributed by atoms with E-state index in [1.54, 1.807) is 6.92 Å². The second-order valence-electron chi connectivity index (χ2n) is 2.21. The fourth-order valence-corrected chi connectivity index (χ4v) is 0.849. The molecule has 6 heteroatoms. The third-order valence-corrected chi connectivity index (χ3v) is 1.42. The maximum absolute atomic E-state index is 10.6. The Kier molecular flexibility index (Phi) is 1.33. The fraction of sp³-hybridized carbons (Fsp3) is 0.167. The topological polar surface area (TPSA) is 84.9 Å². The van der Waals surface area contributed by atoms with E-state index in [1.807, 2.05) is 0 Å². The van der Waals surface area contributed by atoms with Crippen LogP contribution in [0.15, 0.2) is 19.9 Å². The molecule has 1 N–H and O–H groups in total. The van der Waals surface area contributed by atoms with Crippen LogP contribution in [-0.2, 0) is 0 Å². The van der Waals surface area contributed by atoms with E-state index in [2.05, 4.69) is 19.8 Å². The first-order valence-corrected chi connectivity index (χ1v) is 3.24. The summed E-state index contributed by atoms with van der Waals surface area (Å²) in [5.41, 5.74) is 0.577. The van der Waals surface area contributed by atoms with E-state index < -0.39 is 5.76 Å². The number of aromatic nitrogens is 3. The molecule has 6 nitrogen and oxygen atoms in total. The van der Waals surface area contributed by atoms with Crippen molar-refractivity contribution in [3.05, 3.63) is 22.5 Å². The van der Waals surface area contributed by atoms with E-state index >= 15 is 0 Å². The van der Waals surface area contributed by atoms with Crippen molar-refractivity contribution in [3.8, 4) is 11.5 Å². The van der Waals surface area contributed by atoms with Crippen molar-refractivity contribution in [2.24, 2.45) is 0 Å². The summed E-state index contributed by atoms with van der Waals surface area (Å²) in [5.74, 6) is 0.162.